The number of H-pyrrole nitrogens is 1. The summed E-state index contributed by atoms with van der Waals surface area (Å²) in [5, 5.41) is 41.4. The fourth-order valence-electron chi connectivity index (χ4n) is 3.45. The Hall–Kier alpha value is -5.26. The molecular formula is C23H16N8O4. The van der Waals surface area contributed by atoms with Crippen molar-refractivity contribution >= 4 is 28.2 Å². The number of fused-ring (bicyclic) bond motifs is 1. The van der Waals surface area contributed by atoms with Gasteiger partial charge in [0.05, 0.1) is 17.0 Å². The van der Waals surface area contributed by atoms with E-state index in [9.17, 15) is 20.0 Å². The fraction of sp³-hybridized carbons (Fsp3) is 0.0435. The van der Waals surface area contributed by atoms with Gasteiger partial charge in [-0.2, -0.15) is 4.80 Å². The number of hydrogen-bond donors (Lipinski definition) is 2. The molecule has 2 heterocycles. The number of amides is 1. The standard InChI is InChI=1S/C23H16N8O4/c32-22(27-25-20-18-12-17(31(34)35)10-11-19(18)24-23(20)33)16-8-6-14(7-9-16)13-30-28-21(26-29-30)15-4-2-1-3-5-15/h1-12,24,33H,13H2. The van der Waals surface area contributed by atoms with E-state index in [0.717, 1.165) is 11.1 Å². The van der Waals surface area contributed by atoms with Crippen molar-refractivity contribution in [2.75, 3.05) is 0 Å². The Morgan fingerprint density at radius 2 is 1.86 bits per heavy atom. The lowest BCUT2D eigenvalue weighted by atomic mass is 10.1. The molecule has 172 valence electrons. The highest BCUT2D eigenvalue weighted by Crippen LogP contribution is 2.37. The first-order valence-corrected chi connectivity index (χ1v) is 10.4. The monoisotopic (exact) mass is 468 g/mol. The van der Waals surface area contributed by atoms with E-state index in [1.165, 1.54) is 23.0 Å². The summed E-state index contributed by atoms with van der Waals surface area (Å²) >= 11 is 0. The number of nitro benzene ring substituents is 1. The highest BCUT2D eigenvalue weighted by molar-refractivity contribution is 5.97. The molecule has 1 amide bonds. The Bertz CT molecular complexity index is 1570. The summed E-state index contributed by atoms with van der Waals surface area (Å²) < 4.78 is 0. The number of nitrogens with zero attached hydrogens (tertiary/aromatic N) is 7. The van der Waals surface area contributed by atoms with Crippen molar-refractivity contribution in [3.63, 3.8) is 0 Å². The van der Waals surface area contributed by atoms with Crippen LogP contribution in [0.3, 0.4) is 0 Å². The normalized spacial score (nSPS) is 11.3. The molecule has 0 fully saturated rings. The maximum atomic E-state index is 12.5. The summed E-state index contributed by atoms with van der Waals surface area (Å²) in [7, 11) is 0. The molecule has 3 aromatic carbocycles. The van der Waals surface area contributed by atoms with Gasteiger partial charge in [0.1, 0.15) is 0 Å². The number of azo groups is 1. The van der Waals surface area contributed by atoms with Crippen LogP contribution < -0.4 is 0 Å². The lowest BCUT2D eigenvalue weighted by molar-refractivity contribution is -0.384. The average Bonchev–Trinajstić information content (AvgIpc) is 3.46. The molecule has 0 radical (unpaired) electrons. The predicted molar refractivity (Wildman–Crippen MR) is 124 cm³/mol. The van der Waals surface area contributed by atoms with Crippen molar-refractivity contribution in [3.05, 3.63) is 94.0 Å². The molecule has 0 atom stereocenters. The van der Waals surface area contributed by atoms with E-state index in [1.807, 2.05) is 30.3 Å². The minimum absolute atomic E-state index is 0.0554. The van der Waals surface area contributed by atoms with Crippen molar-refractivity contribution in [3.8, 4) is 17.3 Å². The van der Waals surface area contributed by atoms with Gasteiger partial charge in [-0.1, -0.05) is 42.5 Å². The van der Waals surface area contributed by atoms with Gasteiger partial charge in [-0.25, -0.2) is 0 Å². The molecule has 0 saturated carbocycles. The van der Waals surface area contributed by atoms with Crippen molar-refractivity contribution in [1.29, 1.82) is 0 Å². The van der Waals surface area contributed by atoms with Crippen LogP contribution in [0.1, 0.15) is 15.9 Å². The van der Waals surface area contributed by atoms with E-state index in [1.54, 1.807) is 24.3 Å². The Kier molecular flexibility index (Phi) is 5.51. The number of nitro groups is 1. The average molecular weight is 468 g/mol. The number of benzene rings is 3. The van der Waals surface area contributed by atoms with Crippen molar-refractivity contribution in [2.24, 2.45) is 10.2 Å². The second-order valence-corrected chi connectivity index (χ2v) is 7.52. The van der Waals surface area contributed by atoms with Gasteiger partial charge in [-0.15, -0.1) is 20.4 Å². The van der Waals surface area contributed by atoms with E-state index in [-0.39, 0.29) is 28.2 Å². The molecule has 0 saturated heterocycles. The van der Waals surface area contributed by atoms with E-state index >= 15 is 0 Å². The van der Waals surface area contributed by atoms with Gasteiger partial charge in [0, 0.05) is 28.6 Å². The zero-order chi connectivity index (χ0) is 24.4. The highest BCUT2D eigenvalue weighted by atomic mass is 16.6. The predicted octanol–water partition coefficient (Wildman–Crippen LogP) is 4.41. The van der Waals surface area contributed by atoms with Gasteiger partial charge < -0.3 is 10.1 Å². The Balaban J connectivity index is 1.30. The number of hydrogen-bond acceptors (Lipinski definition) is 8. The molecule has 12 heteroatoms. The summed E-state index contributed by atoms with van der Waals surface area (Å²) in [5.74, 6) is -0.466. The number of carbonyl (C=O) groups excluding carboxylic acids is 1. The van der Waals surface area contributed by atoms with Crippen molar-refractivity contribution in [2.45, 2.75) is 6.54 Å². The number of non-ortho nitro benzene ring substituents is 1. The molecular weight excluding hydrogens is 452 g/mol. The molecule has 0 unspecified atom stereocenters. The highest BCUT2D eigenvalue weighted by Gasteiger charge is 2.16. The molecule has 2 N–H and O–H groups in total. The molecule has 5 aromatic rings. The third-order valence-corrected chi connectivity index (χ3v) is 5.20. The second-order valence-electron chi connectivity index (χ2n) is 7.52. The van der Waals surface area contributed by atoms with Crippen LogP contribution in [0.15, 0.2) is 83.0 Å². The Labute approximate surface area is 196 Å². The minimum atomic E-state index is -0.638. The third-order valence-electron chi connectivity index (χ3n) is 5.20. The summed E-state index contributed by atoms with van der Waals surface area (Å²) in [6.07, 6.45) is 0. The van der Waals surface area contributed by atoms with Crippen LogP contribution in [0.5, 0.6) is 5.88 Å². The zero-order valence-corrected chi connectivity index (χ0v) is 17.9. The summed E-state index contributed by atoms with van der Waals surface area (Å²) in [4.78, 5) is 27.1. The molecule has 0 bridgehead atoms. The number of aromatic nitrogens is 5. The van der Waals surface area contributed by atoms with Crippen LogP contribution in [0, 0.1) is 10.1 Å². The summed E-state index contributed by atoms with van der Waals surface area (Å²) in [5.41, 5.74) is 2.18. The largest absolute Gasteiger partial charge is 0.493 e. The number of aromatic amines is 1. The maximum absolute atomic E-state index is 12.5. The Morgan fingerprint density at radius 3 is 2.60 bits per heavy atom. The molecule has 5 rings (SSSR count). The Morgan fingerprint density at radius 1 is 1.09 bits per heavy atom. The first-order chi connectivity index (χ1) is 17.0. The van der Waals surface area contributed by atoms with Crippen LogP contribution in [0.25, 0.3) is 22.3 Å². The molecule has 12 nitrogen and oxygen atoms in total. The number of rotatable bonds is 6. The summed E-state index contributed by atoms with van der Waals surface area (Å²) in [6.45, 7) is 0.359. The number of nitrogens with one attached hydrogen (secondary N) is 1. The first kappa shape index (κ1) is 21.6. The first-order valence-electron chi connectivity index (χ1n) is 10.4. The van der Waals surface area contributed by atoms with Gasteiger partial charge >= 0.3 is 0 Å². The zero-order valence-electron chi connectivity index (χ0n) is 17.9. The molecule has 0 aliphatic heterocycles. The number of tetrazole rings is 1. The quantitative estimate of drug-likeness (QED) is 0.212. The fourth-order valence-corrected chi connectivity index (χ4v) is 3.45. The van der Waals surface area contributed by atoms with Crippen LogP contribution in [-0.2, 0) is 6.54 Å². The van der Waals surface area contributed by atoms with Gasteiger partial charge in [0.2, 0.25) is 11.7 Å². The summed E-state index contributed by atoms with van der Waals surface area (Å²) in [6, 6.07) is 20.1. The van der Waals surface area contributed by atoms with Crippen LogP contribution in [0.2, 0.25) is 0 Å². The van der Waals surface area contributed by atoms with E-state index in [0.29, 0.717) is 17.9 Å². The minimum Gasteiger partial charge on any atom is -0.493 e. The van der Waals surface area contributed by atoms with Gasteiger partial charge in [0.15, 0.2) is 5.69 Å². The smallest absolute Gasteiger partial charge is 0.295 e. The third kappa shape index (κ3) is 4.48. The van der Waals surface area contributed by atoms with Crippen LogP contribution in [0.4, 0.5) is 11.4 Å². The second kappa shape index (κ2) is 8.94. The van der Waals surface area contributed by atoms with Gasteiger partial charge in [-0.3, -0.25) is 14.9 Å². The number of aromatic hydroxyl groups is 1. The van der Waals surface area contributed by atoms with Crippen molar-refractivity contribution in [1.82, 2.24) is 25.2 Å². The van der Waals surface area contributed by atoms with E-state index in [4.69, 9.17) is 0 Å². The van der Waals surface area contributed by atoms with Crippen LogP contribution in [-0.4, -0.2) is 41.1 Å². The molecule has 0 aliphatic carbocycles. The van der Waals surface area contributed by atoms with Gasteiger partial charge in [0.25, 0.3) is 11.6 Å². The maximum Gasteiger partial charge on any atom is 0.295 e. The lowest BCUT2D eigenvalue weighted by Crippen LogP contribution is -2.04. The van der Waals surface area contributed by atoms with E-state index < -0.39 is 10.8 Å². The van der Waals surface area contributed by atoms with Crippen molar-refractivity contribution < 1.29 is 14.8 Å². The SMILES string of the molecule is O=C(N=Nc1c(O)[nH]c2ccc([N+](=O)[O-])cc12)c1ccc(Cn2nnc(-c3ccccc3)n2)cc1. The lowest BCUT2D eigenvalue weighted by Gasteiger charge is -2.01. The molecule has 0 aliphatic rings. The van der Waals surface area contributed by atoms with Crippen LogP contribution >= 0.6 is 0 Å². The van der Waals surface area contributed by atoms with Gasteiger partial charge in [-0.05, 0) is 29.0 Å². The molecule has 35 heavy (non-hydrogen) atoms. The molecule has 0 spiro atoms. The topological polar surface area (TPSA) is 165 Å². The van der Waals surface area contributed by atoms with E-state index in [2.05, 4.69) is 30.6 Å². The molecule has 2 aromatic heterocycles. The number of carbonyl (C=O) groups is 1.